The second-order valence-electron chi connectivity index (χ2n) is 6.11. The Kier molecular flexibility index (Phi) is 6.24. The van der Waals surface area contributed by atoms with Crippen molar-refractivity contribution in [2.75, 3.05) is 7.11 Å². The molecule has 0 heterocycles. The predicted octanol–water partition coefficient (Wildman–Crippen LogP) is 5.59. The van der Waals surface area contributed by atoms with E-state index in [2.05, 4.69) is 22.6 Å². The number of ether oxygens (including phenoxy) is 3. The smallest absolute Gasteiger partial charge is 0.133 e. The van der Waals surface area contributed by atoms with Gasteiger partial charge in [-0.25, -0.2) is 0 Å². The highest BCUT2D eigenvalue weighted by atomic mass is 127. The summed E-state index contributed by atoms with van der Waals surface area (Å²) in [6.07, 6.45) is 6.62. The third-order valence-electron chi connectivity index (χ3n) is 4.31. The lowest BCUT2D eigenvalue weighted by Crippen LogP contribution is -2.20. The Labute approximate surface area is 157 Å². The molecule has 0 aliphatic heterocycles. The molecule has 0 amide bonds. The van der Waals surface area contributed by atoms with Crippen molar-refractivity contribution >= 4 is 22.6 Å². The largest absolute Gasteiger partial charge is 0.497 e. The SMILES string of the molecule is COc1ccc(COc2ccc(OC3CCCCC3)c(I)c2)cc1. The summed E-state index contributed by atoms with van der Waals surface area (Å²) < 4.78 is 18.3. The molecule has 3 nitrogen and oxygen atoms in total. The second-order valence-corrected chi connectivity index (χ2v) is 7.27. The van der Waals surface area contributed by atoms with Crippen molar-refractivity contribution in [2.45, 2.75) is 44.8 Å². The van der Waals surface area contributed by atoms with Crippen molar-refractivity contribution in [3.63, 3.8) is 0 Å². The summed E-state index contributed by atoms with van der Waals surface area (Å²) >= 11 is 2.32. The van der Waals surface area contributed by atoms with Crippen molar-refractivity contribution < 1.29 is 14.2 Å². The van der Waals surface area contributed by atoms with Gasteiger partial charge in [-0.3, -0.25) is 0 Å². The zero-order chi connectivity index (χ0) is 16.8. The molecule has 0 atom stereocenters. The van der Waals surface area contributed by atoms with E-state index in [1.165, 1.54) is 32.1 Å². The first kappa shape index (κ1) is 17.4. The van der Waals surface area contributed by atoms with Crippen LogP contribution in [0.5, 0.6) is 17.2 Å². The summed E-state index contributed by atoms with van der Waals surface area (Å²) in [4.78, 5) is 0. The topological polar surface area (TPSA) is 27.7 Å². The van der Waals surface area contributed by atoms with E-state index in [0.717, 1.165) is 26.4 Å². The maximum absolute atomic E-state index is 6.15. The quantitative estimate of drug-likeness (QED) is 0.551. The summed E-state index contributed by atoms with van der Waals surface area (Å²) in [7, 11) is 1.67. The Morgan fingerprint density at radius 2 is 1.67 bits per heavy atom. The highest BCUT2D eigenvalue weighted by Gasteiger charge is 2.16. The predicted molar refractivity (Wildman–Crippen MR) is 104 cm³/mol. The first-order chi connectivity index (χ1) is 11.7. The van der Waals surface area contributed by atoms with E-state index in [4.69, 9.17) is 14.2 Å². The van der Waals surface area contributed by atoms with Gasteiger partial charge >= 0.3 is 0 Å². The highest BCUT2D eigenvalue weighted by molar-refractivity contribution is 14.1. The molecule has 1 saturated carbocycles. The molecule has 1 fully saturated rings. The molecule has 1 aliphatic carbocycles. The van der Waals surface area contributed by atoms with Crippen LogP contribution in [-0.2, 0) is 6.61 Å². The van der Waals surface area contributed by atoms with Gasteiger partial charge in [0.25, 0.3) is 0 Å². The van der Waals surface area contributed by atoms with Crippen molar-refractivity contribution in [1.29, 1.82) is 0 Å². The highest BCUT2D eigenvalue weighted by Crippen LogP contribution is 2.30. The van der Waals surface area contributed by atoms with Crippen LogP contribution < -0.4 is 14.2 Å². The summed E-state index contributed by atoms with van der Waals surface area (Å²) in [6.45, 7) is 0.545. The maximum Gasteiger partial charge on any atom is 0.133 e. The van der Waals surface area contributed by atoms with Gasteiger partial charge in [-0.2, -0.15) is 0 Å². The molecule has 1 aliphatic rings. The second kappa shape index (κ2) is 8.60. The van der Waals surface area contributed by atoms with Crippen LogP contribution >= 0.6 is 22.6 Å². The maximum atomic E-state index is 6.15. The molecule has 2 aromatic carbocycles. The molecule has 3 rings (SSSR count). The average Bonchev–Trinajstić information content (AvgIpc) is 2.63. The molecule has 0 radical (unpaired) electrons. The first-order valence-electron chi connectivity index (χ1n) is 8.46. The molecule has 0 unspecified atom stereocenters. The van der Waals surface area contributed by atoms with Crippen molar-refractivity contribution in [1.82, 2.24) is 0 Å². The van der Waals surface area contributed by atoms with Gasteiger partial charge in [0.1, 0.15) is 23.9 Å². The summed E-state index contributed by atoms with van der Waals surface area (Å²) in [5.74, 6) is 2.70. The van der Waals surface area contributed by atoms with E-state index in [0.29, 0.717) is 12.7 Å². The molecule has 2 aromatic rings. The van der Waals surface area contributed by atoms with E-state index in [1.54, 1.807) is 7.11 Å². The van der Waals surface area contributed by atoms with Gasteiger partial charge in [-0.05, 0) is 84.2 Å². The fourth-order valence-electron chi connectivity index (χ4n) is 2.92. The van der Waals surface area contributed by atoms with Crippen molar-refractivity contribution in [2.24, 2.45) is 0 Å². The van der Waals surface area contributed by atoms with Crippen LogP contribution in [0, 0.1) is 3.57 Å². The van der Waals surface area contributed by atoms with E-state index in [1.807, 2.05) is 42.5 Å². The lowest BCUT2D eigenvalue weighted by Gasteiger charge is -2.23. The summed E-state index contributed by atoms with van der Waals surface area (Å²) in [5, 5.41) is 0. The van der Waals surface area contributed by atoms with E-state index in [-0.39, 0.29) is 0 Å². The van der Waals surface area contributed by atoms with E-state index >= 15 is 0 Å². The summed E-state index contributed by atoms with van der Waals surface area (Å²) in [6, 6.07) is 14.0. The molecular weight excluding hydrogens is 415 g/mol. The Morgan fingerprint density at radius 1 is 0.958 bits per heavy atom. The van der Waals surface area contributed by atoms with Gasteiger partial charge in [0.2, 0.25) is 0 Å². The molecule has 0 N–H and O–H groups in total. The molecule has 128 valence electrons. The van der Waals surface area contributed by atoms with Crippen LogP contribution in [0.2, 0.25) is 0 Å². The van der Waals surface area contributed by atoms with Gasteiger partial charge < -0.3 is 14.2 Å². The van der Waals surface area contributed by atoms with Crippen molar-refractivity contribution in [3.8, 4) is 17.2 Å². The van der Waals surface area contributed by atoms with Gasteiger partial charge in [-0.15, -0.1) is 0 Å². The normalized spacial score (nSPS) is 15.1. The van der Waals surface area contributed by atoms with Crippen LogP contribution in [0.3, 0.4) is 0 Å². The molecule has 0 spiro atoms. The third kappa shape index (κ3) is 4.79. The number of hydrogen-bond acceptors (Lipinski definition) is 3. The zero-order valence-electron chi connectivity index (χ0n) is 14.0. The Balaban J connectivity index is 1.57. The number of benzene rings is 2. The van der Waals surface area contributed by atoms with Gasteiger partial charge in [0, 0.05) is 0 Å². The van der Waals surface area contributed by atoms with Crippen LogP contribution in [0.15, 0.2) is 42.5 Å². The fraction of sp³-hybridized carbons (Fsp3) is 0.400. The molecule has 4 heteroatoms. The monoisotopic (exact) mass is 438 g/mol. The first-order valence-corrected chi connectivity index (χ1v) is 9.54. The van der Waals surface area contributed by atoms with Crippen LogP contribution in [-0.4, -0.2) is 13.2 Å². The minimum Gasteiger partial charge on any atom is -0.497 e. The van der Waals surface area contributed by atoms with Crippen molar-refractivity contribution in [3.05, 3.63) is 51.6 Å². The van der Waals surface area contributed by atoms with E-state index < -0.39 is 0 Å². The number of halogens is 1. The minimum absolute atomic E-state index is 0.373. The third-order valence-corrected chi connectivity index (χ3v) is 5.16. The number of rotatable bonds is 6. The van der Waals surface area contributed by atoms with Crippen LogP contribution in [0.4, 0.5) is 0 Å². The van der Waals surface area contributed by atoms with E-state index in [9.17, 15) is 0 Å². The lowest BCUT2D eigenvalue weighted by atomic mass is 9.98. The standard InChI is InChI=1S/C20H23IO3/c1-22-16-9-7-15(8-10-16)14-23-18-11-12-20(19(21)13-18)24-17-5-3-2-4-6-17/h7-13,17H,2-6,14H2,1H3. The molecule has 0 bridgehead atoms. The van der Waals surface area contributed by atoms with Crippen LogP contribution in [0.25, 0.3) is 0 Å². The number of methoxy groups -OCH3 is 1. The average molecular weight is 438 g/mol. The lowest BCUT2D eigenvalue weighted by molar-refractivity contribution is 0.153. The zero-order valence-corrected chi connectivity index (χ0v) is 16.1. The van der Waals surface area contributed by atoms with Gasteiger partial charge in [-0.1, -0.05) is 18.6 Å². The minimum atomic E-state index is 0.373. The van der Waals surface area contributed by atoms with Crippen LogP contribution in [0.1, 0.15) is 37.7 Å². The molecule has 24 heavy (non-hydrogen) atoms. The fourth-order valence-corrected chi connectivity index (χ4v) is 3.53. The van der Waals surface area contributed by atoms with Gasteiger partial charge in [0.05, 0.1) is 16.8 Å². The Bertz CT molecular complexity index is 648. The Morgan fingerprint density at radius 3 is 2.33 bits per heavy atom. The molecule has 0 aromatic heterocycles. The number of hydrogen-bond donors (Lipinski definition) is 0. The molecule has 0 saturated heterocycles. The summed E-state index contributed by atoms with van der Waals surface area (Å²) in [5.41, 5.74) is 1.12. The molecular formula is C20H23IO3. The Hall–Kier alpha value is -1.43. The van der Waals surface area contributed by atoms with Gasteiger partial charge in [0.15, 0.2) is 0 Å².